The molecule has 1 fully saturated rings. The molecule has 0 atom stereocenters. The van der Waals surface area contributed by atoms with Crippen LogP contribution < -0.4 is 10.4 Å². The smallest absolute Gasteiger partial charge is 0.422 e. The molecule has 1 aromatic rings. The van der Waals surface area contributed by atoms with E-state index in [-0.39, 0.29) is 12.1 Å². The second kappa shape index (κ2) is 3.28. The summed E-state index contributed by atoms with van der Waals surface area (Å²) in [5.41, 5.74) is -0.533. The van der Waals surface area contributed by atoms with Gasteiger partial charge in [-0.25, -0.2) is 9.48 Å². The largest absolute Gasteiger partial charge is 0.454 e. The van der Waals surface area contributed by atoms with Crippen molar-refractivity contribution in [1.82, 2.24) is 14.8 Å². The molecule has 0 amide bonds. The maximum atomic E-state index is 11.8. The summed E-state index contributed by atoms with van der Waals surface area (Å²) in [5.74, 6) is 0. The first-order valence-electron chi connectivity index (χ1n) is 4.34. The van der Waals surface area contributed by atoms with Gasteiger partial charge >= 0.3 is 17.9 Å². The van der Waals surface area contributed by atoms with Crippen LogP contribution in [0.1, 0.15) is 18.9 Å². The Balaban J connectivity index is 2.03. The number of nitrogens with one attached hydrogen (secondary N) is 1. The quantitative estimate of drug-likeness (QED) is 0.826. The highest BCUT2D eigenvalue weighted by Gasteiger charge is 2.31. The lowest BCUT2D eigenvalue weighted by Gasteiger charge is -2.04. The fraction of sp³-hybridized carbons (Fsp3) is 0.714. The van der Waals surface area contributed by atoms with Crippen LogP contribution in [0.3, 0.4) is 0 Å². The van der Waals surface area contributed by atoms with E-state index >= 15 is 0 Å². The zero-order valence-corrected chi connectivity index (χ0v) is 7.54. The minimum atomic E-state index is -4.43. The van der Waals surface area contributed by atoms with Crippen LogP contribution in [-0.2, 0) is 0 Å². The van der Waals surface area contributed by atoms with E-state index in [1.807, 2.05) is 0 Å². The van der Waals surface area contributed by atoms with E-state index in [4.69, 9.17) is 0 Å². The van der Waals surface area contributed by atoms with Crippen molar-refractivity contribution in [3.63, 3.8) is 0 Å². The van der Waals surface area contributed by atoms with Crippen LogP contribution in [0.2, 0.25) is 0 Å². The van der Waals surface area contributed by atoms with E-state index in [1.54, 1.807) is 0 Å². The second-order valence-corrected chi connectivity index (χ2v) is 3.31. The van der Waals surface area contributed by atoms with Crippen molar-refractivity contribution in [2.45, 2.75) is 25.1 Å². The molecule has 1 aliphatic carbocycles. The summed E-state index contributed by atoms with van der Waals surface area (Å²) >= 11 is 0. The zero-order chi connectivity index (χ0) is 11.1. The Labute approximate surface area is 81.8 Å². The normalized spacial score (nSPS) is 16.7. The third-order valence-electron chi connectivity index (χ3n) is 1.89. The maximum absolute atomic E-state index is 11.8. The van der Waals surface area contributed by atoms with E-state index in [9.17, 15) is 18.0 Å². The van der Waals surface area contributed by atoms with E-state index in [1.165, 1.54) is 0 Å². The summed E-state index contributed by atoms with van der Waals surface area (Å²) in [6, 6.07) is -0.374. The Morgan fingerprint density at radius 1 is 1.53 bits per heavy atom. The van der Waals surface area contributed by atoms with E-state index in [0.29, 0.717) is 0 Å². The van der Waals surface area contributed by atoms with Crippen molar-refractivity contribution in [2.75, 3.05) is 6.61 Å². The average molecular weight is 223 g/mol. The van der Waals surface area contributed by atoms with Gasteiger partial charge in [0.2, 0.25) is 0 Å². The van der Waals surface area contributed by atoms with Gasteiger partial charge in [0.1, 0.15) is 0 Å². The van der Waals surface area contributed by atoms with Crippen LogP contribution in [0.4, 0.5) is 13.2 Å². The molecule has 1 N–H and O–H groups in total. The summed E-state index contributed by atoms with van der Waals surface area (Å²) in [7, 11) is 0. The number of rotatable bonds is 3. The number of alkyl halides is 3. The molecule has 1 aromatic heterocycles. The van der Waals surface area contributed by atoms with Gasteiger partial charge in [0, 0.05) is 0 Å². The van der Waals surface area contributed by atoms with Crippen molar-refractivity contribution in [3.05, 3.63) is 10.5 Å². The summed E-state index contributed by atoms with van der Waals surface area (Å²) in [6.45, 7) is -1.45. The Hall–Kier alpha value is -1.47. The molecule has 0 aromatic carbocycles. The Bertz CT molecular complexity index is 404. The Kier molecular flexibility index (Phi) is 2.20. The third-order valence-corrected chi connectivity index (χ3v) is 1.89. The minimum absolute atomic E-state index is 0.0111. The van der Waals surface area contributed by atoms with Gasteiger partial charge in [0.05, 0.1) is 6.04 Å². The second-order valence-electron chi connectivity index (χ2n) is 3.31. The third kappa shape index (κ3) is 2.51. The molecule has 0 saturated heterocycles. The molecule has 5 nitrogen and oxygen atoms in total. The predicted molar refractivity (Wildman–Crippen MR) is 42.7 cm³/mol. The number of halogens is 3. The van der Waals surface area contributed by atoms with E-state index in [0.717, 1.165) is 17.5 Å². The molecule has 0 aliphatic heterocycles. The van der Waals surface area contributed by atoms with Gasteiger partial charge < -0.3 is 4.74 Å². The lowest BCUT2D eigenvalue weighted by molar-refractivity contribution is -0.154. The first-order chi connectivity index (χ1) is 6.96. The first kappa shape index (κ1) is 10.1. The van der Waals surface area contributed by atoms with Crippen LogP contribution >= 0.6 is 0 Å². The first-order valence-corrected chi connectivity index (χ1v) is 4.34. The summed E-state index contributed by atoms with van der Waals surface area (Å²) in [4.78, 5) is 13.2. The molecule has 0 radical (unpaired) electrons. The zero-order valence-electron chi connectivity index (χ0n) is 7.54. The molecule has 8 heteroatoms. The van der Waals surface area contributed by atoms with Crippen LogP contribution in [0.5, 0.6) is 6.01 Å². The molecule has 1 saturated carbocycles. The highest BCUT2D eigenvalue weighted by atomic mass is 19.4. The van der Waals surface area contributed by atoms with Gasteiger partial charge in [0.15, 0.2) is 6.61 Å². The minimum Gasteiger partial charge on any atom is -0.454 e. The molecule has 0 bridgehead atoms. The van der Waals surface area contributed by atoms with Crippen LogP contribution in [0.15, 0.2) is 4.79 Å². The number of nitrogens with zero attached hydrogens (tertiary/aromatic N) is 2. The van der Waals surface area contributed by atoms with Crippen LogP contribution in [-0.4, -0.2) is 27.5 Å². The van der Waals surface area contributed by atoms with Gasteiger partial charge in [-0.2, -0.15) is 13.2 Å². The lowest BCUT2D eigenvalue weighted by Crippen LogP contribution is -2.19. The van der Waals surface area contributed by atoms with Crippen LogP contribution in [0.25, 0.3) is 0 Å². The maximum Gasteiger partial charge on any atom is 0.422 e. The SMILES string of the molecule is O=c1[nH]c(OCC(F)(F)F)nn1C1CC1. The molecule has 0 unspecified atom stereocenters. The van der Waals surface area contributed by atoms with E-state index in [2.05, 4.69) is 14.8 Å². The monoisotopic (exact) mass is 223 g/mol. The van der Waals surface area contributed by atoms with Crippen molar-refractivity contribution < 1.29 is 17.9 Å². The van der Waals surface area contributed by atoms with Gasteiger partial charge in [0.25, 0.3) is 0 Å². The van der Waals surface area contributed by atoms with Crippen LogP contribution in [0, 0.1) is 0 Å². The molecule has 15 heavy (non-hydrogen) atoms. The van der Waals surface area contributed by atoms with Crippen molar-refractivity contribution >= 4 is 0 Å². The number of aromatic nitrogens is 3. The highest BCUT2D eigenvalue weighted by Crippen LogP contribution is 2.32. The molecule has 2 rings (SSSR count). The Morgan fingerprint density at radius 3 is 2.73 bits per heavy atom. The van der Waals surface area contributed by atoms with Crippen molar-refractivity contribution in [3.8, 4) is 6.01 Å². The molecule has 1 aliphatic rings. The molecule has 84 valence electrons. The Morgan fingerprint density at radius 2 is 2.20 bits per heavy atom. The number of hydrogen-bond acceptors (Lipinski definition) is 3. The van der Waals surface area contributed by atoms with Gasteiger partial charge in [-0.1, -0.05) is 0 Å². The van der Waals surface area contributed by atoms with Crippen molar-refractivity contribution in [1.29, 1.82) is 0 Å². The topological polar surface area (TPSA) is 59.9 Å². The fourth-order valence-corrected chi connectivity index (χ4v) is 1.10. The summed E-state index contributed by atoms with van der Waals surface area (Å²) in [5, 5.41) is 3.60. The molecular weight excluding hydrogens is 215 g/mol. The average Bonchev–Trinajstić information content (AvgIpc) is 2.87. The number of H-pyrrole nitrogens is 1. The number of aromatic amines is 1. The predicted octanol–water partition coefficient (Wildman–Crippen LogP) is 0.847. The molecular formula is C7H8F3N3O2. The molecule has 1 heterocycles. The standard InChI is InChI=1S/C7H8F3N3O2/c8-7(9,10)3-15-5-11-6(14)13(12-5)4-1-2-4/h4H,1-3H2,(H,11,12,14). The van der Waals surface area contributed by atoms with Gasteiger partial charge in [-0.3, -0.25) is 4.98 Å². The summed E-state index contributed by atoms with van der Waals surface area (Å²) in [6.07, 6.45) is -2.78. The number of ether oxygens (including phenoxy) is 1. The highest BCUT2D eigenvalue weighted by molar-refractivity contribution is 4.92. The van der Waals surface area contributed by atoms with Gasteiger partial charge in [-0.05, 0) is 12.8 Å². The summed E-state index contributed by atoms with van der Waals surface area (Å²) < 4.78 is 40.7. The van der Waals surface area contributed by atoms with Crippen molar-refractivity contribution in [2.24, 2.45) is 0 Å². The fourth-order valence-electron chi connectivity index (χ4n) is 1.10. The molecule has 0 spiro atoms. The van der Waals surface area contributed by atoms with Gasteiger partial charge in [-0.15, -0.1) is 5.10 Å². The van der Waals surface area contributed by atoms with E-state index < -0.39 is 18.5 Å². The lowest BCUT2D eigenvalue weighted by atomic mass is 10.7. The number of hydrogen-bond donors (Lipinski definition) is 1.